The molecule has 15 heavy (non-hydrogen) atoms. The van der Waals surface area contributed by atoms with Crippen molar-refractivity contribution >= 4 is 21.7 Å². The molecule has 6 nitrogen and oxygen atoms in total. The molecule has 0 radical (unpaired) electrons. The van der Waals surface area contributed by atoms with Gasteiger partial charge in [0.15, 0.2) is 0 Å². The highest BCUT2D eigenvalue weighted by Crippen LogP contribution is 2.27. The van der Waals surface area contributed by atoms with E-state index in [2.05, 4.69) is 20.9 Å². The minimum atomic E-state index is -0.635. The van der Waals surface area contributed by atoms with E-state index in [0.717, 1.165) is 0 Å². The van der Waals surface area contributed by atoms with E-state index in [1.165, 1.54) is 4.57 Å². The van der Waals surface area contributed by atoms with Crippen LogP contribution < -0.4 is 0 Å². The summed E-state index contributed by atoms with van der Waals surface area (Å²) in [6.07, 6.45) is 0. The van der Waals surface area contributed by atoms with Crippen molar-refractivity contribution in [3.63, 3.8) is 0 Å². The maximum Gasteiger partial charge on any atom is 0.400 e. The Bertz CT molecular complexity index is 433. The highest BCUT2D eigenvalue weighted by Gasteiger charge is 2.28. The number of imidazole rings is 1. The van der Waals surface area contributed by atoms with Gasteiger partial charge in [0, 0.05) is 6.54 Å². The summed E-state index contributed by atoms with van der Waals surface area (Å²) in [6.45, 7) is 4.10. The normalized spacial score (nSPS) is 12.1. The molecular weight excluding hydrogens is 264 g/mol. The third-order valence-electron chi connectivity index (χ3n) is 1.93. The van der Waals surface area contributed by atoms with Crippen molar-refractivity contribution in [2.45, 2.75) is 25.2 Å². The highest BCUT2D eigenvalue weighted by atomic mass is 79.9. The molecule has 0 fully saturated rings. The number of nitro groups is 1. The zero-order valence-electron chi connectivity index (χ0n) is 8.27. The lowest BCUT2D eigenvalue weighted by molar-refractivity contribution is -0.389. The lowest BCUT2D eigenvalue weighted by Crippen LogP contribution is -2.04. The first-order chi connectivity index (χ1) is 7.02. The monoisotopic (exact) mass is 272 g/mol. The molecule has 1 rings (SSSR count). The molecular formula is C8H9BrN4O2. The summed E-state index contributed by atoms with van der Waals surface area (Å²) in [6, 6.07) is 1.81. The van der Waals surface area contributed by atoms with E-state index in [1.54, 1.807) is 6.92 Å². The summed E-state index contributed by atoms with van der Waals surface area (Å²) < 4.78 is 1.54. The van der Waals surface area contributed by atoms with Crippen LogP contribution in [0.4, 0.5) is 5.82 Å². The molecule has 0 aliphatic rings. The van der Waals surface area contributed by atoms with Crippen LogP contribution in [0.5, 0.6) is 0 Å². The standard InChI is InChI=1S/C8H9BrN4O2/c1-3-12-6(4-10)8(13(14)15)11-7(12)5(2)9/h5H,3H2,1-2H3. The molecule has 0 aromatic carbocycles. The van der Waals surface area contributed by atoms with Crippen LogP contribution in [0.2, 0.25) is 0 Å². The molecule has 1 unspecified atom stereocenters. The topological polar surface area (TPSA) is 84.8 Å². The molecule has 80 valence electrons. The zero-order valence-corrected chi connectivity index (χ0v) is 9.85. The number of hydrogen-bond acceptors (Lipinski definition) is 4. The Kier molecular flexibility index (Phi) is 3.42. The smallest absolute Gasteiger partial charge is 0.358 e. The molecule has 1 aromatic rings. The third kappa shape index (κ3) is 1.99. The molecule has 0 saturated heterocycles. The lowest BCUT2D eigenvalue weighted by Gasteiger charge is -2.01. The number of halogens is 1. The summed E-state index contributed by atoms with van der Waals surface area (Å²) in [4.78, 5) is 13.7. The number of hydrogen-bond donors (Lipinski definition) is 0. The van der Waals surface area contributed by atoms with Gasteiger partial charge in [-0.05, 0) is 23.8 Å². The molecule has 0 aliphatic carbocycles. The predicted octanol–water partition coefficient (Wildman–Crippen LogP) is 2.14. The van der Waals surface area contributed by atoms with Gasteiger partial charge < -0.3 is 10.1 Å². The van der Waals surface area contributed by atoms with Crippen LogP contribution >= 0.6 is 15.9 Å². The van der Waals surface area contributed by atoms with Crippen LogP contribution in [-0.2, 0) is 6.54 Å². The first kappa shape index (κ1) is 11.7. The van der Waals surface area contributed by atoms with E-state index in [0.29, 0.717) is 12.4 Å². The Labute approximate surface area is 94.8 Å². The second kappa shape index (κ2) is 4.40. The molecule has 7 heteroatoms. The van der Waals surface area contributed by atoms with Gasteiger partial charge in [-0.2, -0.15) is 5.26 Å². The molecule has 1 atom stereocenters. The van der Waals surface area contributed by atoms with Crippen LogP contribution in [0.3, 0.4) is 0 Å². The van der Waals surface area contributed by atoms with Crippen molar-refractivity contribution in [2.75, 3.05) is 0 Å². The predicted molar refractivity (Wildman–Crippen MR) is 56.6 cm³/mol. The zero-order chi connectivity index (χ0) is 11.6. The van der Waals surface area contributed by atoms with E-state index in [-0.39, 0.29) is 16.3 Å². The van der Waals surface area contributed by atoms with Crippen molar-refractivity contribution < 1.29 is 4.92 Å². The van der Waals surface area contributed by atoms with Crippen LogP contribution in [0.1, 0.15) is 30.2 Å². The van der Waals surface area contributed by atoms with Gasteiger partial charge in [0.25, 0.3) is 0 Å². The fourth-order valence-corrected chi connectivity index (χ4v) is 1.67. The van der Waals surface area contributed by atoms with E-state index in [1.807, 2.05) is 13.0 Å². The van der Waals surface area contributed by atoms with Crippen molar-refractivity contribution in [1.82, 2.24) is 9.55 Å². The molecule has 1 heterocycles. The first-order valence-electron chi connectivity index (χ1n) is 4.31. The number of aromatic nitrogens is 2. The van der Waals surface area contributed by atoms with Crippen LogP contribution in [0.25, 0.3) is 0 Å². The van der Waals surface area contributed by atoms with Gasteiger partial charge in [-0.15, -0.1) is 0 Å². The molecule has 0 amide bonds. The molecule has 1 aromatic heterocycles. The fourth-order valence-electron chi connectivity index (χ4n) is 1.32. The van der Waals surface area contributed by atoms with E-state index in [9.17, 15) is 10.1 Å². The van der Waals surface area contributed by atoms with Crippen molar-refractivity contribution in [3.05, 3.63) is 21.6 Å². The van der Waals surface area contributed by atoms with Gasteiger partial charge in [-0.25, -0.2) is 0 Å². The average Bonchev–Trinajstić information content (AvgIpc) is 2.55. The Morgan fingerprint density at radius 2 is 2.40 bits per heavy atom. The van der Waals surface area contributed by atoms with E-state index < -0.39 is 4.92 Å². The fraction of sp³-hybridized carbons (Fsp3) is 0.500. The van der Waals surface area contributed by atoms with Gasteiger partial charge >= 0.3 is 5.82 Å². The lowest BCUT2D eigenvalue weighted by atomic mass is 10.4. The number of nitrogens with zero attached hydrogens (tertiary/aromatic N) is 4. The summed E-state index contributed by atoms with van der Waals surface area (Å²) in [5.74, 6) is 0.126. The Hall–Kier alpha value is -1.42. The molecule has 0 saturated carbocycles. The van der Waals surface area contributed by atoms with Crippen molar-refractivity contribution in [1.29, 1.82) is 5.26 Å². The largest absolute Gasteiger partial charge is 0.400 e. The summed E-state index contributed by atoms with van der Waals surface area (Å²) in [7, 11) is 0. The number of alkyl halides is 1. The van der Waals surface area contributed by atoms with Crippen LogP contribution in [0, 0.1) is 21.4 Å². The van der Waals surface area contributed by atoms with Gasteiger partial charge in [0.1, 0.15) is 6.07 Å². The van der Waals surface area contributed by atoms with Crippen LogP contribution in [0.15, 0.2) is 0 Å². The minimum absolute atomic E-state index is 0.00352. The summed E-state index contributed by atoms with van der Waals surface area (Å²) >= 11 is 3.28. The Morgan fingerprint density at radius 3 is 2.73 bits per heavy atom. The summed E-state index contributed by atoms with van der Waals surface area (Å²) in [5.41, 5.74) is 0.00352. The highest BCUT2D eigenvalue weighted by molar-refractivity contribution is 9.09. The van der Waals surface area contributed by atoms with Crippen molar-refractivity contribution in [2.24, 2.45) is 0 Å². The van der Waals surface area contributed by atoms with Crippen molar-refractivity contribution in [3.8, 4) is 6.07 Å². The van der Waals surface area contributed by atoms with Gasteiger partial charge in [0.05, 0.1) is 4.83 Å². The van der Waals surface area contributed by atoms with Gasteiger partial charge in [-0.1, -0.05) is 15.9 Å². The SMILES string of the molecule is CCn1c(C(C)Br)nc([N+](=O)[O-])c1C#N. The summed E-state index contributed by atoms with van der Waals surface area (Å²) in [5, 5.41) is 19.5. The second-order valence-corrected chi connectivity index (χ2v) is 4.24. The van der Waals surface area contributed by atoms with E-state index >= 15 is 0 Å². The third-order valence-corrected chi connectivity index (χ3v) is 2.34. The minimum Gasteiger partial charge on any atom is -0.358 e. The van der Waals surface area contributed by atoms with Gasteiger partial charge in [-0.3, -0.25) is 4.57 Å². The Balaban J connectivity index is 3.46. The first-order valence-corrected chi connectivity index (χ1v) is 5.23. The number of nitriles is 1. The number of rotatable bonds is 3. The second-order valence-electron chi connectivity index (χ2n) is 2.87. The molecule has 0 spiro atoms. The quantitative estimate of drug-likeness (QED) is 0.479. The molecule has 0 bridgehead atoms. The maximum atomic E-state index is 10.6. The Morgan fingerprint density at radius 1 is 1.80 bits per heavy atom. The average molecular weight is 273 g/mol. The molecule has 0 aliphatic heterocycles. The van der Waals surface area contributed by atoms with Crippen LogP contribution in [-0.4, -0.2) is 14.5 Å². The van der Waals surface area contributed by atoms with E-state index in [4.69, 9.17) is 5.26 Å². The van der Waals surface area contributed by atoms with Gasteiger partial charge in [0.2, 0.25) is 11.5 Å². The molecule has 0 N–H and O–H groups in total. The maximum absolute atomic E-state index is 10.6.